The van der Waals surface area contributed by atoms with Crippen molar-refractivity contribution in [3.63, 3.8) is 0 Å². The molecule has 19 heavy (non-hydrogen) atoms. The topological polar surface area (TPSA) is 29.1 Å². The molecule has 98 valence electrons. The van der Waals surface area contributed by atoms with Crippen molar-refractivity contribution in [2.45, 2.75) is 0 Å². The van der Waals surface area contributed by atoms with Crippen LogP contribution >= 0.6 is 43.5 Å². The van der Waals surface area contributed by atoms with Crippen LogP contribution in [0.15, 0.2) is 45.3 Å². The zero-order valence-electron chi connectivity index (χ0n) is 9.38. The van der Waals surface area contributed by atoms with Crippen LogP contribution in [-0.2, 0) is 0 Å². The third-order valence-corrected chi connectivity index (χ3v) is 4.25. The second-order valence-electron chi connectivity index (χ2n) is 3.71. The van der Waals surface area contributed by atoms with Gasteiger partial charge in [-0.1, -0.05) is 11.6 Å². The Morgan fingerprint density at radius 3 is 2.47 bits per heavy atom. The van der Waals surface area contributed by atoms with Gasteiger partial charge in [0.25, 0.3) is 5.91 Å². The maximum atomic E-state index is 12.9. The fourth-order valence-corrected chi connectivity index (χ4v) is 2.30. The Bertz CT molecular complexity index is 649. The van der Waals surface area contributed by atoms with Crippen LogP contribution in [0, 0.1) is 5.82 Å². The van der Waals surface area contributed by atoms with E-state index in [0.29, 0.717) is 25.2 Å². The smallest absolute Gasteiger partial charge is 0.255 e. The van der Waals surface area contributed by atoms with E-state index in [4.69, 9.17) is 11.6 Å². The van der Waals surface area contributed by atoms with E-state index in [0.717, 1.165) is 0 Å². The fraction of sp³-hybridized carbons (Fsp3) is 0. The van der Waals surface area contributed by atoms with Gasteiger partial charge in [-0.25, -0.2) is 4.39 Å². The molecule has 1 amide bonds. The number of halogens is 4. The van der Waals surface area contributed by atoms with Gasteiger partial charge in [-0.3, -0.25) is 4.79 Å². The van der Waals surface area contributed by atoms with E-state index in [9.17, 15) is 9.18 Å². The summed E-state index contributed by atoms with van der Waals surface area (Å²) in [5.74, 6) is -0.696. The molecule has 0 aliphatic carbocycles. The summed E-state index contributed by atoms with van der Waals surface area (Å²) in [6.07, 6.45) is 0. The van der Waals surface area contributed by atoms with Crippen molar-refractivity contribution < 1.29 is 9.18 Å². The third kappa shape index (κ3) is 3.55. The molecule has 0 spiro atoms. The third-order valence-electron chi connectivity index (χ3n) is 2.36. The van der Waals surface area contributed by atoms with Crippen molar-refractivity contribution in [3.05, 3.63) is 61.7 Å². The van der Waals surface area contributed by atoms with Crippen molar-refractivity contribution in [2.75, 3.05) is 5.32 Å². The van der Waals surface area contributed by atoms with E-state index in [2.05, 4.69) is 37.2 Å². The molecule has 0 heterocycles. The maximum absolute atomic E-state index is 12.9. The van der Waals surface area contributed by atoms with Crippen LogP contribution in [0.4, 0.5) is 10.1 Å². The molecule has 2 nitrogen and oxygen atoms in total. The molecule has 0 radical (unpaired) electrons. The highest BCUT2D eigenvalue weighted by Crippen LogP contribution is 2.26. The molecule has 0 saturated carbocycles. The molecule has 6 heteroatoms. The summed E-state index contributed by atoms with van der Waals surface area (Å²) in [5.41, 5.74) is 0.912. The number of benzene rings is 2. The molecule has 2 aromatic rings. The van der Waals surface area contributed by atoms with Gasteiger partial charge in [0, 0.05) is 14.5 Å². The number of nitrogens with one attached hydrogen (secondary N) is 1. The van der Waals surface area contributed by atoms with Gasteiger partial charge in [0.1, 0.15) is 5.82 Å². The summed E-state index contributed by atoms with van der Waals surface area (Å²) in [6, 6.07) is 8.93. The lowest BCUT2D eigenvalue weighted by Crippen LogP contribution is -2.12. The molecule has 0 aliphatic heterocycles. The summed E-state index contributed by atoms with van der Waals surface area (Å²) in [5, 5.41) is 3.12. The zero-order valence-corrected chi connectivity index (χ0v) is 13.3. The lowest BCUT2D eigenvalue weighted by atomic mass is 10.2. The Morgan fingerprint density at radius 2 is 1.84 bits per heavy atom. The monoisotopic (exact) mass is 405 g/mol. The van der Waals surface area contributed by atoms with Crippen molar-refractivity contribution in [1.29, 1.82) is 0 Å². The predicted octanol–water partition coefficient (Wildman–Crippen LogP) is 5.26. The standard InChI is InChI=1S/C13H7Br2ClFNO/c14-9-3-1-7(5-11(9)16)13(19)18-12-4-2-8(17)6-10(12)15/h1-6H,(H,18,19). The Kier molecular flexibility index (Phi) is 4.60. The Hall–Kier alpha value is -0.910. The van der Waals surface area contributed by atoms with Crippen LogP contribution in [0.1, 0.15) is 10.4 Å². The van der Waals surface area contributed by atoms with E-state index >= 15 is 0 Å². The molecule has 0 fully saturated rings. The Morgan fingerprint density at radius 1 is 1.11 bits per heavy atom. The second-order valence-corrected chi connectivity index (χ2v) is 5.82. The Balaban J connectivity index is 2.23. The maximum Gasteiger partial charge on any atom is 0.255 e. The summed E-state index contributed by atoms with van der Waals surface area (Å²) in [6.45, 7) is 0. The van der Waals surface area contributed by atoms with Gasteiger partial charge in [0.05, 0.1) is 10.7 Å². The van der Waals surface area contributed by atoms with Crippen LogP contribution in [-0.4, -0.2) is 5.91 Å². The van der Waals surface area contributed by atoms with Crippen molar-refractivity contribution >= 4 is 55.1 Å². The number of hydrogen-bond donors (Lipinski definition) is 1. The van der Waals surface area contributed by atoms with E-state index in [1.54, 1.807) is 18.2 Å². The zero-order chi connectivity index (χ0) is 14.0. The van der Waals surface area contributed by atoms with Gasteiger partial charge in [-0.2, -0.15) is 0 Å². The van der Waals surface area contributed by atoms with E-state index in [1.165, 1.54) is 18.2 Å². The van der Waals surface area contributed by atoms with Crippen molar-refractivity contribution in [1.82, 2.24) is 0 Å². The number of amides is 1. The van der Waals surface area contributed by atoms with E-state index in [-0.39, 0.29) is 11.7 Å². The minimum atomic E-state index is -0.378. The first kappa shape index (κ1) is 14.5. The average Bonchev–Trinajstić information content (AvgIpc) is 2.36. The molecule has 0 saturated heterocycles. The first-order valence-electron chi connectivity index (χ1n) is 5.19. The van der Waals surface area contributed by atoms with Gasteiger partial charge < -0.3 is 5.32 Å². The number of carbonyl (C=O) groups excluding carboxylic acids is 1. The van der Waals surface area contributed by atoms with E-state index < -0.39 is 0 Å². The van der Waals surface area contributed by atoms with Crippen molar-refractivity contribution in [3.8, 4) is 0 Å². The molecule has 0 aliphatic rings. The molecule has 0 unspecified atom stereocenters. The highest BCUT2D eigenvalue weighted by atomic mass is 79.9. The lowest BCUT2D eigenvalue weighted by molar-refractivity contribution is 0.102. The largest absolute Gasteiger partial charge is 0.321 e. The van der Waals surface area contributed by atoms with Gasteiger partial charge in [0.2, 0.25) is 0 Å². The van der Waals surface area contributed by atoms with Crippen LogP contribution in [0.5, 0.6) is 0 Å². The summed E-state index contributed by atoms with van der Waals surface area (Å²) in [4.78, 5) is 12.0. The number of carbonyl (C=O) groups is 1. The number of rotatable bonds is 2. The van der Waals surface area contributed by atoms with Crippen LogP contribution in [0.2, 0.25) is 5.02 Å². The quantitative estimate of drug-likeness (QED) is 0.723. The summed E-state index contributed by atoms with van der Waals surface area (Å²) in [7, 11) is 0. The molecule has 0 bridgehead atoms. The normalized spacial score (nSPS) is 10.3. The number of hydrogen-bond acceptors (Lipinski definition) is 1. The minimum absolute atomic E-state index is 0.318. The second kappa shape index (κ2) is 6.03. The molecular weight excluding hydrogens is 400 g/mol. The molecule has 2 aromatic carbocycles. The van der Waals surface area contributed by atoms with Crippen LogP contribution in [0.3, 0.4) is 0 Å². The SMILES string of the molecule is O=C(Nc1ccc(F)cc1Br)c1ccc(Br)c(Cl)c1. The Labute approximate surface area is 131 Å². The summed E-state index contributed by atoms with van der Waals surface area (Å²) >= 11 is 12.4. The highest BCUT2D eigenvalue weighted by molar-refractivity contribution is 9.11. The molecule has 1 N–H and O–H groups in total. The number of anilines is 1. The van der Waals surface area contributed by atoms with Gasteiger partial charge >= 0.3 is 0 Å². The molecule has 0 atom stereocenters. The van der Waals surface area contributed by atoms with Crippen LogP contribution < -0.4 is 5.32 Å². The average molecular weight is 407 g/mol. The highest BCUT2D eigenvalue weighted by Gasteiger charge is 2.10. The molecular formula is C13H7Br2ClFNO. The first-order valence-corrected chi connectivity index (χ1v) is 7.15. The van der Waals surface area contributed by atoms with E-state index in [1.807, 2.05) is 0 Å². The minimum Gasteiger partial charge on any atom is -0.321 e. The fourth-order valence-electron chi connectivity index (χ4n) is 1.42. The molecule has 2 rings (SSSR count). The predicted molar refractivity (Wildman–Crippen MR) is 81.2 cm³/mol. The van der Waals surface area contributed by atoms with Crippen LogP contribution in [0.25, 0.3) is 0 Å². The van der Waals surface area contributed by atoms with Crippen molar-refractivity contribution in [2.24, 2.45) is 0 Å². The van der Waals surface area contributed by atoms with Gasteiger partial charge in [-0.15, -0.1) is 0 Å². The van der Waals surface area contributed by atoms with Gasteiger partial charge in [0.15, 0.2) is 0 Å². The first-order chi connectivity index (χ1) is 8.97. The summed E-state index contributed by atoms with van der Waals surface area (Å²) < 4.78 is 14.1. The van der Waals surface area contributed by atoms with Gasteiger partial charge in [-0.05, 0) is 68.3 Å². The lowest BCUT2D eigenvalue weighted by Gasteiger charge is -2.08. The molecule has 0 aromatic heterocycles.